The second kappa shape index (κ2) is 40.7. The van der Waals surface area contributed by atoms with Crippen LogP contribution in [0.2, 0.25) is 0 Å². The highest BCUT2D eigenvalue weighted by atomic mass is 16.8. The Labute approximate surface area is 480 Å². The number of allylic oxidation sites excluding steroid dienone is 2. The van der Waals surface area contributed by atoms with Crippen LogP contribution >= 0.6 is 0 Å². The standard InChI is InChI=1S/C58H106N2O21/c1-4-6-8-10-12-14-16-17-18-19-20-21-22-23-25-27-29-31-40(65)39(60-45(68)32-30-28-26-24-15-13-11-9-7-5-2)37-76-55-50(72)49(71)52(44(36-63)78-55)79-56-51(73)54(48(70)43(35-62)77-56)81-58(57(74)75)33-41(66)46(59-38(3)64)53(80-58)47(69)42(67)34-61/h11,13,39-44,46-56,61-63,65-67,69-73H,4-10,12,14-37H2,1-3H3,(H,59,64)(H,60,68)(H,74,75)/b13-11-. The van der Waals surface area contributed by atoms with Gasteiger partial charge in [-0.05, 0) is 32.1 Å². The van der Waals surface area contributed by atoms with Gasteiger partial charge in [-0.25, -0.2) is 4.79 Å². The number of carbonyl (C=O) groups excluding carboxylic acids is 2. The van der Waals surface area contributed by atoms with Crippen molar-refractivity contribution < 1.29 is 104 Å². The van der Waals surface area contributed by atoms with Crippen molar-refractivity contribution in [3.05, 3.63) is 12.2 Å². The molecule has 0 saturated carbocycles. The first-order valence-electron chi connectivity index (χ1n) is 30.5. The van der Waals surface area contributed by atoms with Gasteiger partial charge >= 0.3 is 5.97 Å². The number of carbonyl (C=O) groups is 3. The maximum atomic E-state index is 13.3. The molecule has 0 aliphatic carbocycles. The van der Waals surface area contributed by atoms with E-state index in [4.69, 9.17) is 28.4 Å². The second-order valence-electron chi connectivity index (χ2n) is 22.6. The number of hydrogen-bond acceptors (Lipinski definition) is 20. The number of aliphatic hydroxyl groups is 11. The number of rotatable bonds is 44. The molecule has 0 spiro atoms. The van der Waals surface area contributed by atoms with Gasteiger partial charge < -0.3 is 100 Å². The molecule has 474 valence electrons. The zero-order valence-corrected chi connectivity index (χ0v) is 48.6. The van der Waals surface area contributed by atoms with Crippen LogP contribution in [-0.4, -0.2) is 215 Å². The first kappa shape index (κ1) is 72.7. The van der Waals surface area contributed by atoms with Gasteiger partial charge in [-0.1, -0.05) is 161 Å². The summed E-state index contributed by atoms with van der Waals surface area (Å²) in [5.74, 6) is -6.12. The summed E-state index contributed by atoms with van der Waals surface area (Å²) in [5.41, 5.74) is 0. The maximum Gasteiger partial charge on any atom is 0.364 e. The Bertz CT molecular complexity index is 1720. The van der Waals surface area contributed by atoms with Gasteiger partial charge in [0.25, 0.3) is 5.79 Å². The molecule has 81 heavy (non-hydrogen) atoms. The van der Waals surface area contributed by atoms with Gasteiger partial charge in [0, 0.05) is 19.8 Å². The van der Waals surface area contributed by atoms with Gasteiger partial charge in [-0.3, -0.25) is 9.59 Å². The Hall–Kier alpha value is -2.53. The van der Waals surface area contributed by atoms with E-state index in [0.717, 1.165) is 77.6 Å². The molecule has 3 fully saturated rings. The number of nitrogens with one attached hydrogen (secondary N) is 2. The van der Waals surface area contributed by atoms with Crippen LogP contribution in [0.5, 0.6) is 0 Å². The topological polar surface area (TPSA) is 373 Å². The van der Waals surface area contributed by atoms with Crippen molar-refractivity contribution in [2.75, 3.05) is 26.4 Å². The van der Waals surface area contributed by atoms with Gasteiger partial charge in [-0.15, -0.1) is 0 Å². The first-order chi connectivity index (χ1) is 38.9. The molecule has 2 amide bonds. The summed E-state index contributed by atoms with van der Waals surface area (Å²) in [7, 11) is 0. The van der Waals surface area contributed by atoms with Crippen LogP contribution in [-0.2, 0) is 42.8 Å². The minimum Gasteiger partial charge on any atom is -0.477 e. The van der Waals surface area contributed by atoms with Gasteiger partial charge in [0.15, 0.2) is 12.6 Å². The summed E-state index contributed by atoms with van der Waals surface area (Å²) in [6.07, 6.45) is 3.97. The molecule has 0 aromatic rings. The highest BCUT2D eigenvalue weighted by molar-refractivity contribution is 5.77. The highest BCUT2D eigenvalue weighted by Gasteiger charge is 2.60. The summed E-state index contributed by atoms with van der Waals surface area (Å²) in [4.78, 5) is 38.3. The van der Waals surface area contributed by atoms with Crippen LogP contribution in [0.3, 0.4) is 0 Å². The van der Waals surface area contributed by atoms with E-state index in [0.29, 0.717) is 19.3 Å². The van der Waals surface area contributed by atoms with E-state index in [1.165, 1.54) is 77.0 Å². The molecule has 23 heteroatoms. The highest BCUT2D eigenvalue weighted by Crippen LogP contribution is 2.38. The predicted octanol–water partition coefficient (Wildman–Crippen LogP) is 2.78. The number of amides is 2. The average Bonchev–Trinajstić information content (AvgIpc) is 3.63. The fourth-order valence-electron chi connectivity index (χ4n) is 10.8. The van der Waals surface area contributed by atoms with Gasteiger partial charge in [0.2, 0.25) is 11.8 Å². The Balaban J connectivity index is 1.65. The summed E-state index contributed by atoms with van der Waals surface area (Å²) < 4.78 is 34.7. The van der Waals surface area contributed by atoms with E-state index in [-0.39, 0.29) is 18.9 Å². The second-order valence-corrected chi connectivity index (χ2v) is 22.6. The summed E-state index contributed by atoms with van der Waals surface area (Å²) in [6.45, 7) is 2.11. The van der Waals surface area contributed by atoms with Crippen molar-refractivity contribution >= 4 is 17.8 Å². The lowest BCUT2D eigenvalue weighted by molar-refractivity contribution is -0.386. The summed E-state index contributed by atoms with van der Waals surface area (Å²) in [5, 5.41) is 135. The van der Waals surface area contributed by atoms with E-state index in [9.17, 15) is 75.7 Å². The molecule has 3 aliphatic rings. The fourth-order valence-corrected chi connectivity index (χ4v) is 10.8. The van der Waals surface area contributed by atoms with Gasteiger partial charge in [-0.2, -0.15) is 0 Å². The Kier molecular flexibility index (Phi) is 36.6. The maximum absolute atomic E-state index is 13.3. The van der Waals surface area contributed by atoms with E-state index >= 15 is 0 Å². The van der Waals surface area contributed by atoms with Crippen LogP contribution < -0.4 is 10.6 Å². The molecule has 0 aromatic carbocycles. The third kappa shape index (κ3) is 25.1. The normalized spacial score (nSPS) is 30.5. The Morgan fingerprint density at radius 1 is 0.630 bits per heavy atom. The third-order valence-electron chi connectivity index (χ3n) is 15.7. The lowest BCUT2D eigenvalue weighted by atomic mass is 9.88. The SMILES string of the molecule is CCCC/C=C\CCCCCCC(=O)NC(COC1OC(CO)C(OC2OC(CO)C(O)C(OC3(C(=O)O)CC(O)C(NC(C)=O)C(C(O)C(O)CO)O3)C2O)C(O)C1O)C(O)CCCCCCCCCCCCCCCCCCC. The average molecular weight is 1170 g/mol. The van der Waals surface area contributed by atoms with Crippen molar-refractivity contribution in [2.45, 2.75) is 310 Å². The molecular formula is C58H106N2O21. The monoisotopic (exact) mass is 1170 g/mol. The van der Waals surface area contributed by atoms with Crippen molar-refractivity contribution in [1.82, 2.24) is 10.6 Å². The van der Waals surface area contributed by atoms with E-state index in [2.05, 4.69) is 36.6 Å². The van der Waals surface area contributed by atoms with Crippen molar-refractivity contribution in [1.29, 1.82) is 0 Å². The summed E-state index contributed by atoms with van der Waals surface area (Å²) in [6, 6.07) is -2.53. The van der Waals surface area contributed by atoms with E-state index in [1.807, 2.05) is 0 Å². The molecule has 14 N–H and O–H groups in total. The number of hydrogen-bond donors (Lipinski definition) is 14. The third-order valence-corrected chi connectivity index (χ3v) is 15.7. The van der Waals surface area contributed by atoms with Gasteiger partial charge in [0.05, 0.1) is 50.7 Å². The molecule has 0 radical (unpaired) electrons. The van der Waals surface area contributed by atoms with Crippen LogP contribution in [0.4, 0.5) is 0 Å². The predicted molar refractivity (Wildman–Crippen MR) is 297 cm³/mol. The molecule has 3 rings (SSSR count). The minimum atomic E-state index is -3.08. The molecular weight excluding hydrogens is 1060 g/mol. The van der Waals surface area contributed by atoms with E-state index < -0.39 is 148 Å². The number of carboxylic acid groups (broad SMARTS) is 1. The fraction of sp³-hybridized carbons (Fsp3) is 0.914. The molecule has 3 aliphatic heterocycles. The molecule has 3 saturated heterocycles. The molecule has 23 nitrogen and oxygen atoms in total. The Morgan fingerprint density at radius 2 is 1.16 bits per heavy atom. The molecule has 3 heterocycles. The molecule has 0 bridgehead atoms. The number of carboxylic acids is 1. The van der Waals surface area contributed by atoms with Crippen molar-refractivity contribution in [2.24, 2.45) is 0 Å². The molecule has 18 unspecified atom stereocenters. The zero-order valence-electron chi connectivity index (χ0n) is 48.6. The first-order valence-corrected chi connectivity index (χ1v) is 30.5. The lowest BCUT2D eigenvalue weighted by Crippen LogP contribution is -2.70. The van der Waals surface area contributed by atoms with Crippen molar-refractivity contribution in [3.8, 4) is 0 Å². The smallest absolute Gasteiger partial charge is 0.364 e. The zero-order chi connectivity index (χ0) is 59.7. The van der Waals surface area contributed by atoms with Crippen LogP contribution in [0.15, 0.2) is 12.2 Å². The van der Waals surface area contributed by atoms with E-state index in [1.54, 1.807) is 0 Å². The number of aliphatic hydroxyl groups excluding tert-OH is 11. The number of unbranched alkanes of at least 4 members (excludes halogenated alkanes) is 22. The quantitative estimate of drug-likeness (QED) is 0.0308. The molecule has 18 atom stereocenters. The minimum absolute atomic E-state index is 0.209. The van der Waals surface area contributed by atoms with Crippen LogP contribution in [0, 0.1) is 0 Å². The number of ether oxygens (including phenoxy) is 6. The van der Waals surface area contributed by atoms with Crippen LogP contribution in [0.25, 0.3) is 0 Å². The lowest BCUT2D eigenvalue weighted by Gasteiger charge is -2.50. The number of aliphatic carboxylic acids is 1. The summed E-state index contributed by atoms with van der Waals surface area (Å²) >= 11 is 0. The van der Waals surface area contributed by atoms with Crippen LogP contribution in [0.1, 0.15) is 201 Å². The van der Waals surface area contributed by atoms with Gasteiger partial charge in [0.1, 0.15) is 67.1 Å². The van der Waals surface area contributed by atoms with Crippen molar-refractivity contribution in [3.63, 3.8) is 0 Å². The largest absolute Gasteiger partial charge is 0.477 e. The Morgan fingerprint density at radius 3 is 1.70 bits per heavy atom. The molecule has 0 aromatic heterocycles.